The molecule has 3 rings (SSSR count). The summed E-state index contributed by atoms with van der Waals surface area (Å²) in [5, 5.41) is 0. The third-order valence-corrected chi connectivity index (χ3v) is 7.58. The Labute approximate surface area is 181 Å². The number of hydrogen-bond acceptors (Lipinski definition) is 6. The molecule has 1 saturated heterocycles. The molecule has 7 nitrogen and oxygen atoms in total. The van der Waals surface area contributed by atoms with E-state index in [0.29, 0.717) is 24.2 Å². The van der Waals surface area contributed by atoms with Crippen molar-refractivity contribution < 1.29 is 22.7 Å². The van der Waals surface area contributed by atoms with Gasteiger partial charge in [0.25, 0.3) is 5.91 Å². The van der Waals surface area contributed by atoms with E-state index in [4.69, 9.17) is 4.74 Å². The second-order valence-electron chi connectivity index (χ2n) is 6.64. The number of hydrogen-bond donors (Lipinski definition) is 0. The van der Waals surface area contributed by atoms with Crippen molar-refractivity contribution in [3.8, 4) is 0 Å². The molecule has 1 fully saturated rings. The molecular weight excluding hydrogens is 424 g/mol. The van der Waals surface area contributed by atoms with Gasteiger partial charge in [0.1, 0.15) is 0 Å². The van der Waals surface area contributed by atoms with Gasteiger partial charge in [-0.05, 0) is 49.6 Å². The minimum absolute atomic E-state index is 0.0872. The third kappa shape index (κ3) is 4.69. The van der Waals surface area contributed by atoms with Crippen LogP contribution in [0.2, 0.25) is 0 Å². The second-order valence-corrected chi connectivity index (χ2v) is 9.43. The first kappa shape index (κ1) is 22.3. The molecule has 1 heterocycles. The monoisotopic (exact) mass is 448 g/mol. The van der Waals surface area contributed by atoms with Crippen molar-refractivity contribution in [1.29, 1.82) is 0 Å². The highest BCUT2D eigenvalue weighted by Crippen LogP contribution is 2.23. The van der Waals surface area contributed by atoms with Crippen molar-refractivity contribution in [3.05, 3.63) is 59.7 Å². The summed E-state index contributed by atoms with van der Waals surface area (Å²) in [4.78, 5) is 27.3. The van der Waals surface area contributed by atoms with Gasteiger partial charge in [0.15, 0.2) is 0 Å². The van der Waals surface area contributed by atoms with E-state index in [0.717, 1.165) is 4.90 Å². The van der Waals surface area contributed by atoms with Crippen molar-refractivity contribution in [3.63, 3.8) is 0 Å². The molecular formula is C21H24N2O5S2. The predicted octanol–water partition coefficient (Wildman–Crippen LogP) is 2.73. The average molecular weight is 449 g/mol. The van der Waals surface area contributed by atoms with Gasteiger partial charge in [-0.15, -0.1) is 11.8 Å². The third-order valence-electron chi connectivity index (χ3n) is 4.87. The van der Waals surface area contributed by atoms with E-state index in [-0.39, 0.29) is 30.5 Å². The molecule has 30 heavy (non-hydrogen) atoms. The highest BCUT2D eigenvalue weighted by atomic mass is 32.2. The zero-order valence-electron chi connectivity index (χ0n) is 16.9. The summed E-state index contributed by atoms with van der Waals surface area (Å²) in [6, 6.07) is 13.1. The number of sulfonamides is 1. The van der Waals surface area contributed by atoms with Crippen LogP contribution in [-0.2, 0) is 14.8 Å². The van der Waals surface area contributed by atoms with Gasteiger partial charge in [0.05, 0.1) is 22.6 Å². The fraction of sp³-hybridized carbons (Fsp3) is 0.333. The Morgan fingerprint density at radius 2 is 1.63 bits per heavy atom. The normalized spacial score (nSPS) is 15.1. The van der Waals surface area contributed by atoms with Gasteiger partial charge >= 0.3 is 5.97 Å². The number of piperazine rings is 1. The Morgan fingerprint density at radius 3 is 2.23 bits per heavy atom. The van der Waals surface area contributed by atoms with E-state index < -0.39 is 16.0 Å². The number of amides is 1. The van der Waals surface area contributed by atoms with Gasteiger partial charge in [-0.3, -0.25) is 4.79 Å². The maximum atomic E-state index is 12.9. The fourth-order valence-electron chi connectivity index (χ4n) is 3.25. The number of carbonyl (C=O) groups is 2. The summed E-state index contributed by atoms with van der Waals surface area (Å²) in [6.07, 6.45) is 1.92. The second kappa shape index (κ2) is 9.63. The zero-order chi connectivity index (χ0) is 21.7. The lowest BCUT2D eigenvalue weighted by atomic mass is 10.2. The number of esters is 1. The maximum absolute atomic E-state index is 12.9. The van der Waals surface area contributed by atoms with E-state index in [2.05, 4.69) is 0 Å². The summed E-state index contributed by atoms with van der Waals surface area (Å²) in [7, 11) is -3.70. The molecule has 2 aromatic rings. The van der Waals surface area contributed by atoms with Crippen LogP contribution in [0, 0.1) is 0 Å². The molecule has 0 bridgehead atoms. The van der Waals surface area contributed by atoms with E-state index in [1.54, 1.807) is 17.9 Å². The fourth-order valence-corrected chi connectivity index (χ4v) is 5.26. The van der Waals surface area contributed by atoms with E-state index in [1.807, 2.05) is 24.5 Å². The van der Waals surface area contributed by atoms with Crippen LogP contribution in [0.4, 0.5) is 0 Å². The van der Waals surface area contributed by atoms with Crippen LogP contribution in [0.25, 0.3) is 0 Å². The molecule has 0 saturated carbocycles. The smallest absolute Gasteiger partial charge is 0.338 e. The SMILES string of the molecule is CCOC(=O)c1ccc(S(=O)(=O)N2CCN(C(=O)c3ccccc3SC)CC2)cc1. The first-order chi connectivity index (χ1) is 14.4. The van der Waals surface area contributed by atoms with Crippen LogP contribution in [0.1, 0.15) is 27.6 Å². The number of carbonyl (C=O) groups excluding carboxylic acids is 2. The topological polar surface area (TPSA) is 84.0 Å². The Bertz CT molecular complexity index is 1010. The Kier molecular flexibility index (Phi) is 7.17. The van der Waals surface area contributed by atoms with Gasteiger partial charge in [-0.2, -0.15) is 4.31 Å². The standard InChI is InChI=1S/C21H24N2O5S2/c1-3-28-21(25)16-8-10-17(11-9-16)30(26,27)23-14-12-22(13-15-23)20(24)18-6-4-5-7-19(18)29-2/h4-11H,3,12-15H2,1-2H3. The molecule has 2 aromatic carbocycles. The summed E-state index contributed by atoms with van der Waals surface area (Å²) in [5.74, 6) is -0.574. The number of thioether (sulfide) groups is 1. The highest BCUT2D eigenvalue weighted by Gasteiger charge is 2.31. The Balaban J connectivity index is 1.68. The zero-order valence-corrected chi connectivity index (χ0v) is 18.5. The molecule has 0 aliphatic carbocycles. The molecule has 9 heteroatoms. The molecule has 0 radical (unpaired) electrons. The summed E-state index contributed by atoms with van der Waals surface area (Å²) < 4.78 is 32.2. The minimum Gasteiger partial charge on any atom is -0.462 e. The number of benzene rings is 2. The van der Waals surface area contributed by atoms with Gasteiger partial charge in [-0.1, -0.05) is 12.1 Å². The molecule has 0 spiro atoms. The van der Waals surface area contributed by atoms with Crippen molar-refractivity contribution in [1.82, 2.24) is 9.21 Å². The van der Waals surface area contributed by atoms with Crippen LogP contribution in [-0.4, -0.2) is 68.5 Å². The van der Waals surface area contributed by atoms with Crippen LogP contribution in [0.15, 0.2) is 58.3 Å². The average Bonchev–Trinajstić information content (AvgIpc) is 2.79. The number of nitrogens with zero attached hydrogens (tertiary/aromatic N) is 2. The van der Waals surface area contributed by atoms with E-state index >= 15 is 0 Å². The van der Waals surface area contributed by atoms with E-state index in [9.17, 15) is 18.0 Å². The summed E-state index contributed by atoms with van der Waals surface area (Å²) >= 11 is 1.51. The molecule has 160 valence electrons. The lowest BCUT2D eigenvalue weighted by molar-refractivity contribution is 0.0526. The van der Waals surface area contributed by atoms with Crippen molar-refractivity contribution in [2.75, 3.05) is 39.0 Å². The van der Waals surface area contributed by atoms with Crippen molar-refractivity contribution in [2.24, 2.45) is 0 Å². The lowest BCUT2D eigenvalue weighted by Crippen LogP contribution is -2.50. The van der Waals surface area contributed by atoms with Crippen LogP contribution in [0.5, 0.6) is 0 Å². The quantitative estimate of drug-likeness (QED) is 0.499. The van der Waals surface area contributed by atoms with Gasteiger partial charge in [0.2, 0.25) is 10.0 Å². The molecule has 1 amide bonds. The molecule has 0 atom stereocenters. The van der Waals surface area contributed by atoms with Gasteiger partial charge < -0.3 is 9.64 Å². The molecule has 0 N–H and O–H groups in total. The van der Waals surface area contributed by atoms with Crippen molar-refractivity contribution in [2.45, 2.75) is 16.7 Å². The molecule has 1 aliphatic rings. The first-order valence-corrected chi connectivity index (χ1v) is 12.2. The van der Waals surface area contributed by atoms with Gasteiger partial charge in [0, 0.05) is 31.1 Å². The maximum Gasteiger partial charge on any atom is 0.338 e. The number of rotatable bonds is 6. The van der Waals surface area contributed by atoms with E-state index in [1.165, 1.54) is 40.3 Å². The van der Waals surface area contributed by atoms with Crippen LogP contribution in [0.3, 0.4) is 0 Å². The van der Waals surface area contributed by atoms with Crippen LogP contribution >= 0.6 is 11.8 Å². The number of ether oxygens (including phenoxy) is 1. The predicted molar refractivity (Wildman–Crippen MR) is 115 cm³/mol. The van der Waals surface area contributed by atoms with Gasteiger partial charge in [-0.25, -0.2) is 13.2 Å². The molecule has 0 aromatic heterocycles. The first-order valence-electron chi connectivity index (χ1n) is 9.58. The Morgan fingerprint density at radius 1 is 1.00 bits per heavy atom. The minimum atomic E-state index is -3.70. The summed E-state index contributed by atoms with van der Waals surface area (Å²) in [6.45, 7) is 3.04. The largest absolute Gasteiger partial charge is 0.462 e. The molecule has 0 unspecified atom stereocenters. The Hall–Kier alpha value is -2.36. The summed E-state index contributed by atoms with van der Waals surface area (Å²) in [5.41, 5.74) is 0.939. The molecule has 1 aliphatic heterocycles. The van der Waals surface area contributed by atoms with Crippen LogP contribution < -0.4 is 0 Å². The van der Waals surface area contributed by atoms with Crippen molar-refractivity contribution >= 4 is 33.7 Å². The lowest BCUT2D eigenvalue weighted by Gasteiger charge is -2.34. The highest BCUT2D eigenvalue weighted by molar-refractivity contribution is 7.98.